The number of hydrogen-bond donors (Lipinski definition) is 1. The maximum absolute atomic E-state index is 10.9. The summed E-state index contributed by atoms with van der Waals surface area (Å²) in [6.45, 7) is 0. The SMILES string of the molecule is Cn1cnnc1C(N)CS(C)(=O)=O. The maximum atomic E-state index is 10.9. The molecule has 1 rings (SSSR count). The minimum atomic E-state index is -3.07. The van der Waals surface area contributed by atoms with Gasteiger partial charge in [-0.25, -0.2) is 8.42 Å². The average Bonchev–Trinajstić information content (AvgIpc) is 2.30. The first-order chi connectivity index (χ1) is 5.90. The molecule has 13 heavy (non-hydrogen) atoms. The second-order valence-electron chi connectivity index (χ2n) is 3.00. The van der Waals surface area contributed by atoms with Crippen LogP contribution in [0.15, 0.2) is 6.33 Å². The average molecular weight is 204 g/mol. The Balaban J connectivity index is 2.81. The van der Waals surface area contributed by atoms with Crippen molar-refractivity contribution in [3.05, 3.63) is 12.2 Å². The Morgan fingerprint density at radius 2 is 2.31 bits per heavy atom. The molecule has 7 heteroatoms. The molecule has 1 unspecified atom stereocenters. The van der Waals surface area contributed by atoms with Gasteiger partial charge in [0.1, 0.15) is 16.2 Å². The molecule has 0 bridgehead atoms. The molecular weight excluding hydrogens is 192 g/mol. The van der Waals surface area contributed by atoms with Crippen molar-refractivity contribution in [2.75, 3.05) is 12.0 Å². The molecule has 0 aliphatic carbocycles. The predicted molar refractivity (Wildman–Crippen MR) is 47.6 cm³/mol. The van der Waals surface area contributed by atoms with Gasteiger partial charge in [0.15, 0.2) is 5.82 Å². The lowest BCUT2D eigenvalue weighted by Gasteiger charge is -2.08. The van der Waals surface area contributed by atoms with Gasteiger partial charge in [-0.3, -0.25) is 0 Å². The zero-order chi connectivity index (χ0) is 10.1. The van der Waals surface area contributed by atoms with Gasteiger partial charge < -0.3 is 10.3 Å². The van der Waals surface area contributed by atoms with Crippen molar-refractivity contribution in [3.8, 4) is 0 Å². The number of aryl methyl sites for hydroxylation is 1. The van der Waals surface area contributed by atoms with E-state index in [1.165, 1.54) is 6.33 Å². The van der Waals surface area contributed by atoms with Crippen molar-refractivity contribution in [1.29, 1.82) is 0 Å². The summed E-state index contributed by atoms with van der Waals surface area (Å²) in [5, 5.41) is 7.33. The third kappa shape index (κ3) is 2.78. The number of rotatable bonds is 3. The van der Waals surface area contributed by atoms with E-state index in [9.17, 15) is 8.42 Å². The van der Waals surface area contributed by atoms with Gasteiger partial charge >= 0.3 is 0 Å². The van der Waals surface area contributed by atoms with Crippen LogP contribution in [0.2, 0.25) is 0 Å². The molecule has 1 heterocycles. The van der Waals surface area contributed by atoms with E-state index in [1.807, 2.05) is 0 Å². The first-order valence-electron chi connectivity index (χ1n) is 3.67. The standard InChI is InChI=1S/C6H12N4O2S/c1-10-4-8-9-6(10)5(7)3-13(2,11)12/h4-5H,3,7H2,1-2H3. The highest BCUT2D eigenvalue weighted by molar-refractivity contribution is 7.90. The molecule has 0 radical (unpaired) electrons. The van der Waals surface area contributed by atoms with Gasteiger partial charge in [0.25, 0.3) is 0 Å². The van der Waals surface area contributed by atoms with E-state index < -0.39 is 15.9 Å². The van der Waals surface area contributed by atoms with Crippen LogP contribution in [0.5, 0.6) is 0 Å². The minimum absolute atomic E-state index is 0.112. The lowest BCUT2D eigenvalue weighted by Crippen LogP contribution is -2.23. The summed E-state index contributed by atoms with van der Waals surface area (Å²) < 4.78 is 23.4. The Bertz CT molecular complexity index is 383. The fraction of sp³-hybridized carbons (Fsp3) is 0.667. The van der Waals surface area contributed by atoms with Crippen LogP contribution >= 0.6 is 0 Å². The van der Waals surface area contributed by atoms with Gasteiger partial charge in [-0.15, -0.1) is 10.2 Å². The monoisotopic (exact) mass is 204 g/mol. The third-order valence-corrected chi connectivity index (χ3v) is 2.52. The molecule has 74 valence electrons. The highest BCUT2D eigenvalue weighted by atomic mass is 32.2. The van der Waals surface area contributed by atoms with Crippen LogP contribution in [-0.4, -0.2) is 35.2 Å². The third-order valence-electron chi connectivity index (χ3n) is 1.56. The molecular formula is C6H12N4O2S. The topological polar surface area (TPSA) is 90.9 Å². The second-order valence-corrected chi connectivity index (χ2v) is 5.18. The first-order valence-corrected chi connectivity index (χ1v) is 5.73. The molecule has 1 atom stereocenters. The molecule has 1 aromatic rings. The van der Waals surface area contributed by atoms with Gasteiger partial charge in [-0.1, -0.05) is 0 Å². The van der Waals surface area contributed by atoms with Crippen LogP contribution in [0.1, 0.15) is 11.9 Å². The van der Waals surface area contributed by atoms with Gasteiger partial charge in [0.05, 0.1) is 11.8 Å². The molecule has 0 aliphatic rings. The highest BCUT2D eigenvalue weighted by Gasteiger charge is 2.16. The van der Waals surface area contributed by atoms with E-state index in [0.717, 1.165) is 6.26 Å². The first kappa shape index (κ1) is 10.1. The van der Waals surface area contributed by atoms with Crippen LogP contribution in [0, 0.1) is 0 Å². The molecule has 0 spiro atoms. The number of aromatic nitrogens is 3. The maximum Gasteiger partial charge on any atom is 0.150 e. The highest BCUT2D eigenvalue weighted by Crippen LogP contribution is 2.07. The van der Waals surface area contributed by atoms with Crippen molar-refractivity contribution < 1.29 is 8.42 Å². The fourth-order valence-corrected chi connectivity index (χ4v) is 1.83. The number of nitrogens with two attached hydrogens (primary N) is 1. The summed E-state index contributed by atoms with van der Waals surface area (Å²) in [5.41, 5.74) is 5.62. The molecule has 0 amide bonds. The largest absolute Gasteiger partial charge is 0.320 e. The summed E-state index contributed by atoms with van der Waals surface area (Å²) in [4.78, 5) is 0. The summed E-state index contributed by atoms with van der Waals surface area (Å²) >= 11 is 0. The molecule has 6 nitrogen and oxygen atoms in total. The number of hydrogen-bond acceptors (Lipinski definition) is 5. The Morgan fingerprint density at radius 3 is 2.69 bits per heavy atom. The molecule has 1 aromatic heterocycles. The van der Waals surface area contributed by atoms with Crippen LogP contribution in [0.25, 0.3) is 0 Å². The molecule has 0 aliphatic heterocycles. The van der Waals surface area contributed by atoms with Gasteiger partial charge in [-0.2, -0.15) is 0 Å². The predicted octanol–water partition coefficient (Wildman–Crippen LogP) is -1.14. The second kappa shape index (κ2) is 3.43. The summed E-state index contributed by atoms with van der Waals surface area (Å²) in [6, 6.07) is -0.609. The minimum Gasteiger partial charge on any atom is -0.320 e. The van der Waals surface area contributed by atoms with E-state index in [-0.39, 0.29) is 5.75 Å². The Kier molecular flexibility index (Phi) is 2.67. The lowest BCUT2D eigenvalue weighted by atomic mass is 10.3. The van der Waals surface area contributed by atoms with Crippen LogP contribution in [0.4, 0.5) is 0 Å². The van der Waals surface area contributed by atoms with E-state index in [4.69, 9.17) is 5.73 Å². The normalized spacial score (nSPS) is 14.4. The summed E-state index contributed by atoms with van der Waals surface area (Å²) in [6.07, 6.45) is 2.63. The quantitative estimate of drug-likeness (QED) is 0.672. The van der Waals surface area contributed by atoms with Crippen molar-refractivity contribution >= 4 is 9.84 Å². The molecule has 0 saturated carbocycles. The lowest BCUT2D eigenvalue weighted by molar-refractivity contribution is 0.588. The number of sulfone groups is 1. The van der Waals surface area contributed by atoms with Crippen LogP contribution in [-0.2, 0) is 16.9 Å². The van der Waals surface area contributed by atoms with Crippen molar-refractivity contribution in [3.63, 3.8) is 0 Å². The molecule has 0 saturated heterocycles. The molecule has 2 N–H and O–H groups in total. The fourth-order valence-electron chi connectivity index (χ4n) is 1.03. The van der Waals surface area contributed by atoms with E-state index in [0.29, 0.717) is 5.82 Å². The zero-order valence-corrected chi connectivity index (χ0v) is 8.32. The summed E-state index contributed by atoms with van der Waals surface area (Å²) in [7, 11) is -1.35. The Hall–Kier alpha value is -0.950. The van der Waals surface area contributed by atoms with Crippen molar-refractivity contribution in [2.45, 2.75) is 6.04 Å². The smallest absolute Gasteiger partial charge is 0.150 e. The van der Waals surface area contributed by atoms with E-state index >= 15 is 0 Å². The molecule has 0 fully saturated rings. The van der Waals surface area contributed by atoms with Crippen molar-refractivity contribution in [1.82, 2.24) is 14.8 Å². The Labute approximate surface area is 76.7 Å². The Morgan fingerprint density at radius 1 is 1.69 bits per heavy atom. The van der Waals surface area contributed by atoms with Gasteiger partial charge in [0.2, 0.25) is 0 Å². The van der Waals surface area contributed by atoms with E-state index in [2.05, 4.69) is 10.2 Å². The van der Waals surface area contributed by atoms with Gasteiger partial charge in [-0.05, 0) is 0 Å². The zero-order valence-electron chi connectivity index (χ0n) is 7.51. The van der Waals surface area contributed by atoms with Crippen molar-refractivity contribution in [2.24, 2.45) is 12.8 Å². The summed E-state index contributed by atoms with van der Waals surface area (Å²) in [5.74, 6) is 0.366. The molecule has 0 aromatic carbocycles. The van der Waals surface area contributed by atoms with Crippen LogP contribution < -0.4 is 5.73 Å². The number of nitrogens with zero attached hydrogens (tertiary/aromatic N) is 3. The van der Waals surface area contributed by atoms with Crippen LogP contribution in [0.3, 0.4) is 0 Å². The van der Waals surface area contributed by atoms with E-state index in [1.54, 1.807) is 11.6 Å². The van der Waals surface area contributed by atoms with Gasteiger partial charge in [0, 0.05) is 13.3 Å².